The average Bonchev–Trinajstić information content (AvgIpc) is 2.61. The smallest absolute Gasteiger partial charge is 0.262 e. The molecule has 3 aromatic rings. The number of carbonyl (C=O) groups is 1. The first kappa shape index (κ1) is 17.1. The average molecular weight is 352 g/mol. The summed E-state index contributed by atoms with van der Waals surface area (Å²) in [5.41, 5.74) is 4.14. The molecule has 0 spiro atoms. The lowest BCUT2D eigenvalue weighted by Gasteiger charge is -2.09. The Bertz CT molecular complexity index is 858. The molecule has 0 atom stereocenters. The highest BCUT2D eigenvalue weighted by molar-refractivity contribution is 6.30. The number of anilines is 1. The number of carbonyl (C=O) groups excluding carboxylic acids is 1. The van der Waals surface area contributed by atoms with E-state index in [0.717, 1.165) is 11.1 Å². The van der Waals surface area contributed by atoms with Crippen LogP contribution in [0.5, 0.6) is 5.75 Å². The third-order valence-electron chi connectivity index (χ3n) is 3.72. The Morgan fingerprint density at radius 1 is 0.960 bits per heavy atom. The van der Waals surface area contributed by atoms with Crippen LogP contribution in [0.1, 0.15) is 5.56 Å². The van der Waals surface area contributed by atoms with E-state index in [1.54, 1.807) is 24.3 Å². The van der Waals surface area contributed by atoms with Crippen LogP contribution in [0.2, 0.25) is 5.02 Å². The summed E-state index contributed by atoms with van der Waals surface area (Å²) in [6.45, 7) is 2.01. The molecule has 126 valence electrons. The van der Waals surface area contributed by atoms with E-state index in [-0.39, 0.29) is 12.5 Å². The topological polar surface area (TPSA) is 38.3 Å². The van der Waals surface area contributed by atoms with Crippen molar-refractivity contribution in [1.29, 1.82) is 0 Å². The van der Waals surface area contributed by atoms with E-state index < -0.39 is 0 Å². The second-order valence-corrected chi connectivity index (χ2v) is 6.17. The van der Waals surface area contributed by atoms with Gasteiger partial charge in [0.05, 0.1) is 0 Å². The molecule has 0 fully saturated rings. The van der Waals surface area contributed by atoms with E-state index in [2.05, 4.69) is 36.5 Å². The zero-order valence-corrected chi connectivity index (χ0v) is 14.6. The maximum absolute atomic E-state index is 11.9. The minimum atomic E-state index is -0.232. The molecule has 0 saturated carbocycles. The molecule has 0 saturated heterocycles. The third kappa shape index (κ3) is 4.85. The summed E-state index contributed by atoms with van der Waals surface area (Å²) in [5.74, 6) is 0.419. The van der Waals surface area contributed by atoms with E-state index in [4.69, 9.17) is 16.3 Å². The van der Waals surface area contributed by atoms with Crippen LogP contribution in [-0.4, -0.2) is 12.5 Å². The van der Waals surface area contributed by atoms with Crippen LogP contribution in [0, 0.1) is 6.92 Å². The molecule has 3 aromatic carbocycles. The monoisotopic (exact) mass is 351 g/mol. The summed E-state index contributed by atoms with van der Waals surface area (Å²) in [4.78, 5) is 11.9. The summed E-state index contributed by atoms with van der Waals surface area (Å²) in [6, 6.07) is 23.0. The lowest BCUT2D eigenvalue weighted by atomic mass is 10.0. The van der Waals surface area contributed by atoms with E-state index in [0.29, 0.717) is 16.5 Å². The number of benzene rings is 3. The van der Waals surface area contributed by atoms with Crippen molar-refractivity contribution in [3.8, 4) is 16.9 Å². The van der Waals surface area contributed by atoms with Crippen molar-refractivity contribution in [3.63, 3.8) is 0 Å². The molecule has 0 heterocycles. The Labute approximate surface area is 152 Å². The summed E-state index contributed by atoms with van der Waals surface area (Å²) in [5, 5.41) is 3.32. The van der Waals surface area contributed by atoms with Gasteiger partial charge in [-0.05, 0) is 48.4 Å². The van der Waals surface area contributed by atoms with E-state index >= 15 is 0 Å². The van der Waals surface area contributed by atoms with E-state index in [1.165, 1.54) is 5.56 Å². The molecule has 0 radical (unpaired) electrons. The highest BCUT2D eigenvalue weighted by Crippen LogP contribution is 2.23. The van der Waals surface area contributed by atoms with Crippen molar-refractivity contribution in [2.45, 2.75) is 6.92 Å². The van der Waals surface area contributed by atoms with Crippen molar-refractivity contribution in [2.75, 3.05) is 11.9 Å². The summed E-state index contributed by atoms with van der Waals surface area (Å²) in [7, 11) is 0. The molecule has 0 unspecified atom stereocenters. The van der Waals surface area contributed by atoms with Gasteiger partial charge in [-0.3, -0.25) is 4.79 Å². The Kier molecular flexibility index (Phi) is 5.36. The van der Waals surface area contributed by atoms with Crippen molar-refractivity contribution in [2.24, 2.45) is 0 Å². The molecule has 3 rings (SSSR count). The minimum Gasteiger partial charge on any atom is -0.484 e. The van der Waals surface area contributed by atoms with Gasteiger partial charge in [0.15, 0.2) is 6.61 Å². The van der Waals surface area contributed by atoms with Crippen molar-refractivity contribution < 1.29 is 9.53 Å². The number of hydrogen-bond donors (Lipinski definition) is 1. The molecule has 0 aliphatic heterocycles. The van der Waals surface area contributed by atoms with Crippen molar-refractivity contribution in [1.82, 2.24) is 0 Å². The van der Waals surface area contributed by atoms with Crippen LogP contribution in [0.25, 0.3) is 11.1 Å². The van der Waals surface area contributed by atoms with E-state index in [1.807, 2.05) is 24.3 Å². The van der Waals surface area contributed by atoms with Gasteiger partial charge in [0, 0.05) is 10.7 Å². The van der Waals surface area contributed by atoms with Crippen molar-refractivity contribution in [3.05, 3.63) is 83.4 Å². The summed E-state index contributed by atoms with van der Waals surface area (Å²) < 4.78 is 5.54. The number of amides is 1. The van der Waals surface area contributed by atoms with Gasteiger partial charge in [0.25, 0.3) is 5.91 Å². The van der Waals surface area contributed by atoms with Crippen LogP contribution < -0.4 is 10.1 Å². The lowest BCUT2D eigenvalue weighted by molar-refractivity contribution is -0.118. The number of nitrogens with one attached hydrogen (secondary N) is 1. The SMILES string of the molecule is Cc1ccc(-c2ccc(OCC(=O)Nc3cccc(Cl)c3)cc2)cc1. The fraction of sp³-hybridized carbons (Fsp3) is 0.0952. The Hall–Kier alpha value is -2.78. The van der Waals surface area contributed by atoms with Gasteiger partial charge in [-0.15, -0.1) is 0 Å². The Balaban J connectivity index is 1.56. The molecule has 4 heteroatoms. The lowest BCUT2D eigenvalue weighted by Crippen LogP contribution is -2.20. The second kappa shape index (κ2) is 7.86. The molecular weight excluding hydrogens is 334 g/mol. The first-order valence-corrected chi connectivity index (χ1v) is 8.33. The molecule has 0 aliphatic rings. The second-order valence-electron chi connectivity index (χ2n) is 5.74. The van der Waals surface area contributed by atoms with Gasteiger partial charge in [-0.25, -0.2) is 0 Å². The minimum absolute atomic E-state index is 0.0591. The highest BCUT2D eigenvalue weighted by atomic mass is 35.5. The largest absolute Gasteiger partial charge is 0.484 e. The first-order chi connectivity index (χ1) is 12.1. The van der Waals surface area contributed by atoms with Crippen molar-refractivity contribution >= 4 is 23.2 Å². The number of halogens is 1. The number of hydrogen-bond acceptors (Lipinski definition) is 2. The van der Waals surface area contributed by atoms with Crippen LogP contribution >= 0.6 is 11.6 Å². The predicted molar refractivity (Wildman–Crippen MR) is 102 cm³/mol. The van der Waals surface area contributed by atoms with Gasteiger partial charge < -0.3 is 10.1 Å². The normalized spacial score (nSPS) is 10.3. The van der Waals surface area contributed by atoms with Crippen LogP contribution in [0.15, 0.2) is 72.8 Å². The molecule has 25 heavy (non-hydrogen) atoms. The third-order valence-corrected chi connectivity index (χ3v) is 3.95. The zero-order valence-electron chi connectivity index (χ0n) is 13.8. The fourth-order valence-corrected chi connectivity index (χ4v) is 2.59. The molecular formula is C21H18ClNO2. The molecule has 0 bridgehead atoms. The maximum atomic E-state index is 11.9. The van der Waals surface area contributed by atoms with Gasteiger partial charge >= 0.3 is 0 Å². The number of aryl methyl sites for hydroxylation is 1. The molecule has 0 aromatic heterocycles. The predicted octanol–water partition coefficient (Wildman–Crippen LogP) is 5.33. The Morgan fingerprint density at radius 2 is 1.60 bits per heavy atom. The molecule has 3 nitrogen and oxygen atoms in total. The highest BCUT2D eigenvalue weighted by Gasteiger charge is 2.05. The van der Waals surface area contributed by atoms with E-state index in [9.17, 15) is 4.79 Å². The van der Waals surface area contributed by atoms with Gasteiger partial charge in [0.2, 0.25) is 0 Å². The summed E-state index contributed by atoms with van der Waals surface area (Å²) in [6.07, 6.45) is 0. The standard InChI is InChI=1S/C21H18ClNO2/c1-15-5-7-16(8-6-15)17-9-11-20(12-10-17)25-14-21(24)23-19-4-2-3-18(22)13-19/h2-13H,14H2,1H3,(H,23,24). The van der Waals surface area contributed by atoms with Crippen LogP contribution in [0.3, 0.4) is 0 Å². The summed E-state index contributed by atoms with van der Waals surface area (Å²) >= 11 is 5.89. The Morgan fingerprint density at radius 3 is 2.24 bits per heavy atom. The van der Waals surface area contributed by atoms with Crippen LogP contribution in [-0.2, 0) is 4.79 Å². The van der Waals surface area contributed by atoms with Gasteiger partial charge in [-0.2, -0.15) is 0 Å². The van der Waals surface area contributed by atoms with Crippen LogP contribution in [0.4, 0.5) is 5.69 Å². The fourth-order valence-electron chi connectivity index (χ4n) is 2.40. The molecule has 0 aliphatic carbocycles. The first-order valence-electron chi connectivity index (χ1n) is 7.95. The quantitative estimate of drug-likeness (QED) is 0.674. The van der Waals surface area contributed by atoms with Gasteiger partial charge in [0.1, 0.15) is 5.75 Å². The maximum Gasteiger partial charge on any atom is 0.262 e. The van der Waals surface area contributed by atoms with Gasteiger partial charge in [-0.1, -0.05) is 59.6 Å². The number of ether oxygens (including phenoxy) is 1. The zero-order chi connectivity index (χ0) is 17.6. The molecule has 1 amide bonds. The molecule has 1 N–H and O–H groups in total. The number of rotatable bonds is 5.